The Balaban J connectivity index is 1.36. The number of ether oxygens (including phenoxy) is 1. The minimum Gasteiger partial charge on any atom is -0.388 e. The Kier molecular flexibility index (Phi) is 6.75. The Labute approximate surface area is 193 Å². The highest BCUT2D eigenvalue weighted by atomic mass is 16.5. The number of fused-ring (bicyclic) bond motifs is 1. The van der Waals surface area contributed by atoms with Crippen molar-refractivity contribution in [2.75, 3.05) is 38.6 Å². The Morgan fingerprint density at radius 3 is 2.75 bits per heavy atom. The molecule has 1 fully saturated rings. The second-order valence-corrected chi connectivity index (χ2v) is 9.44. The third kappa shape index (κ3) is 4.69. The molecule has 2 atom stereocenters. The van der Waals surface area contributed by atoms with Crippen LogP contribution in [-0.2, 0) is 11.2 Å². The minimum atomic E-state index is 0.212. The number of nitrogens with zero attached hydrogens (tertiary/aromatic N) is 1. The average Bonchev–Trinajstić information content (AvgIpc) is 3.01. The number of anilines is 1. The van der Waals surface area contributed by atoms with E-state index in [4.69, 9.17) is 4.74 Å². The molecule has 0 saturated carbocycles. The normalized spacial score (nSPS) is 23.4. The van der Waals surface area contributed by atoms with Crippen molar-refractivity contribution in [1.82, 2.24) is 4.90 Å². The molecule has 0 spiro atoms. The Morgan fingerprint density at radius 1 is 1.00 bits per heavy atom. The maximum Gasteiger partial charge on any atom is 0.0796 e. The smallest absolute Gasteiger partial charge is 0.0796 e. The lowest BCUT2D eigenvalue weighted by Gasteiger charge is -2.29. The van der Waals surface area contributed by atoms with E-state index in [1.807, 2.05) is 7.05 Å². The molecule has 1 aliphatic heterocycles. The summed E-state index contributed by atoms with van der Waals surface area (Å²) in [4.78, 5) is 2.56. The predicted molar refractivity (Wildman–Crippen MR) is 133 cm³/mol. The van der Waals surface area contributed by atoms with Crippen molar-refractivity contribution in [3.05, 3.63) is 88.5 Å². The third-order valence-electron chi connectivity index (χ3n) is 7.42. The summed E-state index contributed by atoms with van der Waals surface area (Å²) in [6, 6.07) is 17.9. The summed E-state index contributed by atoms with van der Waals surface area (Å²) >= 11 is 0. The van der Waals surface area contributed by atoms with Crippen LogP contribution in [0.3, 0.4) is 0 Å². The van der Waals surface area contributed by atoms with Crippen molar-refractivity contribution in [2.45, 2.75) is 50.5 Å². The lowest BCUT2D eigenvalue weighted by Crippen LogP contribution is -2.33. The van der Waals surface area contributed by atoms with E-state index in [-0.39, 0.29) is 6.10 Å². The van der Waals surface area contributed by atoms with Crippen LogP contribution in [0.25, 0.3) is 0 Å². The zero-order valence-electron chi connectivity index (χ0n) is 19.4. The number of piperidine rings is 1. The summed E-state index contributed by atoms with van der Waals surface area (Å²) in [5, 5.41) is 3.32. The van der Waals surface area contributed by atoms with Crippen molar-refractivity contribution < 1.29 is 4.74 Å². The molecular weight excluding hydrogens is 392 g/mol. The van der Waals surface area contributed by atoms with Gasteiger partial charge in [-0.3, -0.25) is 0 Å². The first-order chi connectivity index (χ1) is 15.8. The number of nitrogens with one attached hydrogen (secondary N) is 1. The molecule has 3 aliphatic rings. The first-order valence-electron chi connectivity index (χ1n) is 12.4. The van der Waals surface area contributed by atoms with Gasteiger partial charge in [-0.2, -0.15) is 0 Å². The summed E-state index contributed by atoms with van der Waals surface area (Å²) in [5.74, 6) is 0.294. The van der Waals surface area contributed by atoms with E-state index in [0.29, 0.717) is 5.92 Å². The van der Waals surface area contributed by atoms with Gasteiger partial charge in [0.25, 0.3) is 0 Å². The summed E-state index contributed by atoms with van der Waals surface area (Å²) in [7, 11) is 2.00. The number of rotatable bonds is 6. The number of likely N-dealkylation sites (tertiary alicyclic amines) is 1. The lowest BCUT2D eigenvalue weighted by atomic mass is 9.79. The van der Waals surface area contributed by atoms with E-state index in [1.165, 1.54) is 60.3 Å². The molecule has 1 N–H and O–H groups in total. The quantitative estimate of drug-likeness (QED) is 0.617. The van der Waals surface area contributed by atoms with Gasteiger partial charge in [-0.25, -0.2) is 0 Å². The first kappa shape index (κ1) is 21.5. The highest BCUT2D eigenvalue weighted by Crippen LogP contribution is 2.43. The number of hydrogen-bond acceptors (Lipinski definition) is 3. The summed E-state index contributed by atoms with van der Waals surface area (Å²) in [5.41, 5.74) is 8.54. The molecule has 2 aromatic carbocycles. The van der Waals surface area contributed by atoms with Crippen LogP contribution in [0, 0.1) is 0 Å². The molecule has 168 valence electrons. The van der Waals surface area contributed by atoms with Gasteiger partial charge < -0.3 is 15.0 Å². The molecule has 1 heterocycles. The maximum absolute atomic E-state index is 6.36. The Morgan fingerprint density at radius 2 is 1.88 bits per heavy atom. The number of aryl methyl sites for hydroxylation is 1. The minimum absolute atomic E-state index is 0.212. The molecule has 5 rings (SSSR count). The van der Waals surface area contributed by atoms with Crippen LogP contribution in [0.15, 0.2) is 71.8 Å². The number of benzene rings is 2. The highest BCUT2D eigenvalue weighted by molar-refractivity contribution is 5.56. The van der Waals surface area contributed by atoms with Crippen molar-refractivity contribution >= 4 is 5.69 Å². The summed E-state index contributed by atoms with van der Waals surface area (Å²) in [6.07, 6.45) is 12.3. The van der Waals surface area contributed by atoms with Crippen LogP contribution in [0.4, 0.5) is 5.69 Å². The molecule has 2 aromatic rings. The fourth-order valence-corrected chi connectivity index (χ4v) is 5.66. The van der Waals surface area contributed by atoms with Gasteiger partial charge >= 0.3 is 0 Å². The van der Waals surface area contributed by atoms with Gasteiger partial charge in [0.15, 0.2) is 0 Å². The van der Waals surface area contributed by atoms with Crippen molar-refractivity contribution in [3.8, 4) is 0 Å². The topological polar surface area (TPSA) is 24.5 Å². The third-order valence-corrected chi connectivity index (χ3v) is 7.42. The van der Waals surface area contributed by atoms with Gasteiger partial charge in [0.2, 0.25) is 0 Å². The van der Waals surface area contributed by atoms with E-state index < -0.39 is 0 Å². The van der Waals surface area contributed by atoms with Gasteiger partial charge in [-0.05, 0) is 79.6 Å². The fourth-order valence-electron chi connectivity index (χ4n) is 5.66. The van der Waals surface area contributed by atoms with Crippen LogP contribution >= 0.6 is 0 Å². The van der Waals surface area contributed by atoms with Gasteiger partial charge in [-0.1, -0.05) is 60.5 Å². The van der Waals surface area contributed by atoms with Gasteiger partial charge in [0.05, 0.1) is 12.7 Å². The van der Waals surface area contributed by atoms with Crippen molar-refractivity contribution in [1.29, 1.82) is 0 Å². The standard InChI is InChI=1S/C29H36N2O/c1-30-25-10-7-9-24(20-25)29-27-11-4-3-8-22(27)12-13-23-21-26(14-15-28(23)29)32-19-18-31-16-5-2-6-17-31/h3-4,7-11,14-15,20,26,29-30H,2,5-6,12-13,16-19,21H2,1H3. The second kappa shape index (κ2) is 10.1. The number of hydrogen-bond donors (Lipinski definition) is 1. The van der Waals surface area contributed by atoms with Crippen LogP contribution in [0.1, 0.15) is 54.7 Å². The van der Waals surface area contributed by atoms with Crippen LogP contribution in [0.2, 0.25) is 0 Å². The zero-order chi connectivity index (χ0) is 21.8. The lowest BCUT2D eigenvalue weighted by molar-refractivity contribution is 0.0591. The van der Waals surface area contributed by atoms with E-state index in [2.05, 4.69) is 70.9 Å². The molecule has 3 heteroatoms. The SMILES string of the molecule is CNc1cccc(C2C3=C(CCc4ccccc42)CC(OCCN2CCCCC2)C=C3)c1. The molecule has 0 radical (unpaired) electrons. The average molecular weight is 429 g/mol. The van der Waals surface area contributed by atoms with E-state index >= 15 is 0 Å². The Bertz CT molecular complexity index is 986. The zero-order valence-corrected chi connectivity index (χ0v) is 19.4. The molecule has 2 unspecified atom stereocenters. The fraction of sp³-hybridized carbons (Fsp3) is 0.448. The molecule has 32 heavy (non-hydrogen) atoms. The molecule has 0 bridgehead atoms. The molecule has 0 amide bonds. The van der Waals surface area contributed by atoms with Gasteiger partial charge in [0.1, 0.15) is 0 Å². The van der Waals surface area contributed by atoms with Gasteiger partial charge in [0, 0.05) is 25.2 Å². The van der Waals surface area contributed by atoms with Crippen LogP contribution in [0.5, 0.6) is 0 Å². The number of allylic oxidation sites excluding steroid dienone is 2. The van der Waals surface area contributed by atoms with E-state index in [0.717, 1.165) is 32.4 Å². The monoisotopic (exact) mass is 428 g/mol. The highest BCUT2D eigenvalue weighted by Gasteiger charge is 2.29. The van der Waals surface area contributed by atoms with E-state index in [9.17, 15) is 0 Å². The molecular formula is C29H36N2O. The first-order valence-corrected chi connectivity index (χ1v) is 12.4. The maximum atomic E-state index is 6.36. The molecule has 3 nitrogen and oxygen atoms in total. The summed E-state index contributed by atoms with van der Waals surface area (Å²) < 4.78 is 6.36. The van der Waals surface area contributed by atoms with Crippen LogP contribution in [-0.4, -0.2) is 44.3 Å². The molecule has 2 aliphatic carbocycles. The van der Waals surface area contributed by atoms with E-state index in [1.54, 1.807) is 5.57 Å². The van der Waals surface area contributed by atoms with Crippen LogP contribution < -0.4 is 5.32 Å². The largest absolute Gasteiger partial charge is 0.388 e. The summed E-state index contributed by atoms with van der Waals surface area (Å²) in [6.45, 7) is 4.39. The van der Waals surface area contributed by atoms with Crippen molar-refractivity contribution in [3.63, 3.8) is 0 Å². The Hall–Kier alpha value is -2.36. The van der Waals surface area contributed by atoms with Crippen molar-refractivity contribution in [2.24, 2.45) is 0 Å². The van der Waals surface area contributed by atoms with Gasteiger partial charge in [-0.15, -0.1) is 0 Å². The predicted octanol–water partition coefficient (Wildman–Crippen LogP) is 5.93. The molecule has 1 saturated heterocycles. The second-order valence-electron chi connectivity index (χ2n) is 9.44. The molecule has 0 aromatic heterocycles.